The van der Waals surface area contributed by atoms with E-state index in [1.165, 1.54) is 18.4 Å². The minimum atomic E-state index is -0.0722. The lowest BCUT2D eigenvalue weighted by molar-refractivity contribution is 0.412. The van der Waals surface area contributed by atoms with Gasteiger partial charge in [0, 0.05) is 0 Å². The standard InChI is InChI=1S/C11H12BrN3OS/c1-5-4-7(17-9(5)12)11-14-10(15-16-11)8(13)6-2-3-6/h4,6,8H,2-3,13H2,1H3. The van der Waals surface area contributed by atoms with E-state index < -0.39 is 0 Å². The van der Waals surface area contributed by atoms with Crippen LogP contribution in [-0.2, 0) is 0 Å². The van der Waals surface area contributed by atoms with E-state index in [2.05, 4.69) is 26.1 Å². The smallest absolute Gasteiger partial charge is 0.268 e. The Bertz CT molecular complexity index is 527. The van der Waals surface area contributed by atoms with Crippen LogP contribution in [0.2, 0.25) is 0 Å². The molecule has 0 bridgehead atoms. The first-order valence-electron chi connectivity index (χ1n) is 5.50. The Morgan fingerprint density at radius 2 is 2.35 bits per heavy atom. The summed E-state index contributed by atoms with van der Waals surface area (Å²) in [7, 11) is 0. The maximum Gasteiger partial charge on any atom is 0.268 e. The summed E-state index contributed by atoms with van der Waals surface area (Å²) in [6.45, 7) is 2.04. The highest BCUT2D eigenvalue weighted by Gasteiger charge is 2.32. The first kappa shape index (κ1) is 11.4. The van der Waals surface area contributed by atoms with Crippen LogP contribution >= 0.6 is 27.3 Å². The number of thiophene rings is 1. The predicted octanol–water partition coefficient (Wildman–Crippen LogP) is 3.28. The second kappa shape index (κ2) is 4.19. The Morgan fingerprint density at radius 1 is 1.59 bits per heavy atom. The van der Waals surface area contributed by atoms with Crippen molar-refractivity contribution in [2.75, 3.05) is 0 Å². The van der Waals surface area contributed by atoms with E-state index in [0.717, 1.165) is 8.66 Å². The lowest BCUT2D eigenvalue weighted by Crippen LogP contribution is -2.13. The Labute approximate surface area is 111 Å². The van der Waals surface area contributed by atoms with Crippen molar-refractivity contribution >= 4 is 27.3 Å². The molecule has 0 spiro atoms. The molecule has 0 radical (unpaired) electrons. The maximum absolute atomic E-state index is 6.04. The molecule has 2 heterocycles. The Hall–Kier alpha value is -0.720. The van der Waals surface area contributed by atoms with Gasteiger partial charge in [0.1, 0.15) is 0 Å². The number of nitrogens with two attached hydrogens (primary N) is 1. The van der Waals surface area contributed by atoms with Gasteiger partial charge in [0.2, 0.25) is 0 Å². The van der Waals surface area contributed by atoms with Crippen molar-refractivity contribution in [1.82, 2.24) is 10.1 Å². The molecule has 2 aromatic heterocycles. The fourth-order valence-corrected chi connectivity index (χ4v) is 3.16. The Morgan fingerprint density at radius 3 is 2.94 bits per heavy atom. The maximum atomic E-state index is 6.04. The van der Waals surface area contributed by atoms with Gasteiger partial charge < -0.3 is 10.3 Å². The van der Waals surface area contributed by atoms with Gasteiger partial charge >= 0.3 is 0 Å². The molecule has 2 aromatic rings. The molecular weight excluding hydrogens is 302 g/mol. The van der Waals surface area contributed by atoms with E-state index in [1.54, 1.807) is 11.3 Å². The van der Waals surface area contributed by atoms with Crippen LogP contribution in [0.15, 0.2) is 14.4 Å². The van der Waals surface area contributed by atoms with Crippen molar-refractivity contribution < 1.29 is 4.52 Å². The number of aromatic nitrogens is 2. The third kappa shape index (κ3) is 2.17. The van der Waals surface area contributed by atoms with Crippen LogP contribution in [0.25, 0.3) is 10.8 Å². The van der Waals surface area contributed by atoms with Crippen LogP contribution in [0.4, 0.5) is 0 Å². The lowest BCUT2D eigenvalue weighted by atomic mass is 10.2. The zero-order valence-corrected chi connectivity index (χ0v) is 11.7. The molecule has 0 aromatic carbocycles. The van der Waals surface area contributed by atoms with E-state index in [1.807, 2.05) is 13.0 Å². The van der Waals surface area contributed by atoms with E-state index in [0.29, 0.717) is 17.6 Å². The molecule has 3 rings (SSSR count). The summed E-state index contributed by atoms with van der Waals surface area (Å²) in [5.41, 5.74) is 7.21. The fraction of sp³-hybridized carbons (Fsp3) is 0.455. The molecule has 2 N–H and O–H groups in total. The molecule has 1 aliphatic carbocycles. The topological polar surface area (TPSA) is 64.9 Å². The van der Waals surface area contributed by atoms with Crippen LogP contribution in [0, 0.1) is 12.8 Å². The third-order valence-corrected chi connectivity index (χ3v) is 5.06. The van der Waals surface area contributed by atoms with Gasteiger partial charge in [-0.25, -0.2) is 0 Å². The summed E-state index contributed by atoms with van der Waals surface area (Å²) >= 11 is 5.08. The molecule has 6 heteroatoms. The Kier molecular flexibility index (Phi) is 2.80. The van der Waals surface area contributed by atoms with Gasteiger partial charge in [0.05, 0.1) is 14.7 Å². The minimum absolute atomic E-state index is 0.0722. The van der Waals surface area contributed by atoms with Crippen LogP contribution in [0.1, 0.15) is 30.3 Å². The quantitative estimate of drug-likeness (QED) is 0.944. The minimum Gasteiger partial charge on any atom is -0.333 e. The van der Waals surface area contributed by atoms with Crippen molar-refractivity contribution in [3.63, 3.8) is 0 Å². The van der Waals surface area contributed by atoms with Gasteiger partial charge in [-0.3, -0.25) is 0 Å². The number of hydrogen-bond donors (Lipinski definition) is 1. The summed E-state index contributed by atoms with van der Waals surface area (Å²) in [5, 5.41) is 3.97. The van der Waals surface area contributed by atoms with Gasteiger partial charge in [0.15, 0.2) is 5.82 Å². The monoisotopic (exact) mass is 313 g/mol. The molecule has 17 heavy (non-hydrogen) atoms. The van der Waals surface area contributed by atoms with Gasteiger partial charge in [-0.1, -0.05) is 5.16 Å². The van der Waals surface area contributed by atoms with E-state index in [4.69, 9.17) is 10.3 Å². The normalized spacial score (nSPS) is 17.4. The van der Waals surface area contributed by atoms with Crippen LogP contribution in [0.5, 0.6) is 0 Å². The fourth-order valence-electron chi connectivity index (χ4n) is 1.70. The molecule has 1 atom stereocenters. The number of hydrogen-bond acceptors (Lipinski definition) is 5. The molecule has 0 saturated heterocycles. The van der Waals surface area contributed by atoms with Crippen LogP contribution < -0.4 is 5.73 Å². The van der Waals surface area contributed by atoms with Crippen molar-refractivity contribution in [1.29, 1.82) is 0 Å². The number of rotatable bonds is 3. The van der Waals surface area contributed by atoms with Crippen molar-refractivity contribution in [2.45, 2.75) is 25.8 Å². The number of nitrogens with zero attached hydrogens (tertiary/aromatic N) is 2. The molecular formula is C11H12BrN3OS. The highest BCUT2D eigenvalue weighted by atomic mass is 79.9. The van der Waals surface area contributed by atoms with E-state index in [9.17, 15) is 0 Å². The zero-order valence-electron chi connectivity index (χ0n) is 9.31. The molecule has 1 fully saturated rings. The van der Waals surface area contributed by atoms with E-state index >= 15 is 0 Å². The van der Waals surface area contributed by atoms with Crippen molar-refractivity contribution in [3.05, 3.63) is 21.2 Å². The second-order valence-corrected chi connectivity index (χ2v) is 6.76. The summed E-state index contributed by atoms with van der Waals surface area (Å²) in [6.07, 6.45) is 2.35. The number of halogens is 1. The molecule has 1 saturated carbocycles. The molecule has 0 amide bonds. The van der Waals surface area contributed by atoms with Gasteiger partial charge in [0.25, 0.3) is 5.89 Å². The highest BCUT2D eigenvalue weighted by molar-refractivity contribution is 9.11. The zero-order chi connectivity index (χ0) is 12.0. The number of aryl methyl sites for hydroxylation is 1. The van der Waals surface area contributed by atoms with Crippen LogP contribution in [-0.4, -0.2) is 10.1 Å². The first-order valence-corrected chi connectivity index (χ1v) is 7.11. The first-order chi connectivity index (χ1) is 8.15. The van der Waals surface area contributed by atoms with Crippen molar-refractivity contribution in [2.24, 2.45) is 11.7 Å². The SMILES string of the molecule is Cc1cc(-c2nc(C(N)C3CC3)no2)sc1Br. The summed E-state index contributed by atoms with van der Waals surface area (Å²) in [6, 6.07) is 1.96. The van der Waals surface area contributed by atoms with E-state index in [-0.39, 0.29) is 6.04 Å². The summed E-state index contributed by atoms with van der Waals surface area (Å²) in [4.78, 5) is 5.37. The summed E-state index contributed by atoms with van der Waals surface area (Å²) in [5.74, 6) is 1.73. The third-order valence-electron chi connectivity index (χ3n) is 2.94. The van der Waals surface area contributed by atoms with Gasteiger partial charge in [-0.05, 0) is 53.2 Å². The largest absolute Gasteiger partial charge is 0.333 e. The molecule has 1 aliphatic rings. The summed E-state index contributed by atoms with van der Waals surface area (Å²) < 4.78 is 6.36. The van der Waals surface area contributed by atoms with Crippen LogP contribution in [0.3, 0.4) is 0 Å². The average Bonchev–Trinajstić information content (AvgIpc) is 2.94. The van der Waals surface area contributed by atoms with Crippen molar-refractivity contribution in [3.8, 4) is 10.8 Å². The molecule has 90 valence electrons. The molecule has 0 aliphatic heterocycles. The average molecular weight is 314 g/mol. The highest BCUT2D eigenvalue weighted by Crippen LogP contribution is 2.39. The second-order valence-electron chi connectivity index (χ2n) is 4.39. The lowest BCUT2D eigenvalue weighted by Gasteiger charge is -2.01. The van der Waals surface area contributed by atoms with Gasteiger partial charge in [-0.2, -0.15) is 4.98 Å². The molecule has 4 nitrogen and oxygen atoms in total. The Balaban J connectivity index is 1.88. The predicted molar refractivity (Wildman–Crippen MR) is 69.7 cm³/mol. The van der Waals surface area contributed by atoms with Gasteiger partial charge in [-0.15, -0.1) is 11.3 Å². The molecule has 1 unspecified atom stereocenters.